The van der Waals surface area contributed by atoms with Crippen LogP contribution in [0.15, 0.2) is 41.2 Å². The number of nitrogens with one attached hydrogen (secondary N) is 1. The minimum Gasteiger partial charge on any atom is -0.273 e. The topological polar surface area (TPSA) is 64.0 Å². The molecule has 1 N–H and O–H groups in total. The van der Waals surface area contributed by atoms with E-state index in [-0.39, 0.29) is 23.2 Å². The van der Waals surface area contributed by atoms with Crippen molar-refractivity contribution in [1.82, 2.24) is 9.66 Å². The third kappa shape index (κ3) is 3.36. The molecule has 1 amide bonds. The lowest BCUT2D eigenvalue weighted by atomic mass is 10.1. The zero-order chi connectivity index (χ0) is 18.1. The van der Waals surface area contributed by atoms with E-state index in [1.54, 1.807) is 25.1 Å². The van der Waals surface area contributed by atoms with Crippen LogP contribution in [0.1, 0.15) is 11.4 Å². The number of hydrogen-bond donors (Lipinski definition) is 1. The number of hydrogen-bond acceptors (Lipinski definition) is 3. The van der Waals surface area contributed by atoms with Crippen LogP contribution in [0.25, 0.3) is 10.9 Å². The number of nitrogens with zero attached hydrogens (tertiary/aromatic N) is 2. The Morgan fingerprint density at radius 2 is 2.00 bits per heavy atom. The third-order valence-corrected chi connectivity index (χ3v) is 3.91. The normalized spacial score (nSPS) is 10.9. The third-order valence-electron chi connectivity index (χ3n) is 3.60. The predicted octanol–water partition coefficient (Wildman–Crippen LogP) is 2.95. The number of para-hydroxylation sites is 1. The van der Waals surface area contributed by atoms with Crippen molar-refractivity contribution in [1.29, 1.82) is 0 Å². The number of carbonyl (C=O) groups excluding carboxylic acids is 1. The van der Waals surface area contributed by atoms with Crippen molar-refractivity contribution in [2.24, 2.45) is 0 Å². The molecule has 0 fully saturated rings. The molecule has 0 spiro atoms. The Labute approximate surface area is 145 Å². The number of aromatic nitrogens is 2. The molecule has 0 aliphatic rings. The molecular formula is C17H12ClF2N3O2. The molecule has 5 nitrogen and oxygen atoms in total. The Hall–Kier alpha value is -2.80. The molecule has 2 aromatic carbocycles. The van der Waals surface area contributed by atoms with Crippen LogP contribution in [0, 0.1) is 18.6 Å². The molecule has 0 aliphatic carbocycles. The first-order valence-electron chi connectivity index (χ1n) is 7.28. The van der Waals surface area contributed by atoms with Gasteiger partial charge in [0.05, 0.1) is 22.3 Å². The maximum Gasteiger partial charge on any atom is 0.280 e. The molecule has 0 bridgehead atoms. The summed E-state index contributed by atoms with van der Waals surface area (Å²) >= 11 is 6.03. The van der Waals surface area contributed by atoms with Crippen LogP contribution in [0.2, 0.25) is 5.02 Å². The molecule has 1 heterocycles. The summed E-state index contributed by atoms with van der Waals surface area (Å²) in [6, 6.07) is 7.94. The first-order chi connectivity index (χ1) is 11.9. The number of halogens is 3. The zero-order valence-electron chi connectivity index (χ0n) is 13.0. The highest BCUT2D eigenvalue weighted by molar-refractivity contribution is 6.34. The molecule has 1 aromatic heterocycles. The van der Waals surface area contributed by atoms with E-state index in [0.717, 1.165) is 16.8 Å². The van der Waals surface area contributed by atoms with Crippen LogP contribution in [0.3, 0.4) is 0 Å². The van der Waals surface area contributed by atoms with E-state index in [0.29, 0.717) is 10.5 Å². The van der Waals surface area contributed by atoms with Crippen molar-refractivity contribution in [3.63, 3.8) is 0 Å². The van der Waals surface area contributed by atoms with E-state index >= 15 is 0 Å². The summed E-state index contributed by atoms with van der Waals surface area (Å²) in [4.78, 5) is 28.9. The second kappa shape index (κ2) is 6.60. The van der Waals surface area contributed by atoms with Crippen LogP contribution in [-0.4, -0.2) is 15.6 Å². The van der Waals surface area contributed by atoms with Crippen LogP contribution in [0.4, 0.5) is 8.78 Å². The summed E-state index contributed by atoms with van der Waals surface area (Å²) in [5.74, 6) is -2.36. The molecule has 0 radical (unpaired) electrons. The maximum absolute atomic E-state index is 13.2. The van der Waals surface area contributed by atoms with Crippen molar-refractivity contribution in [3.05, 3.63) is 74.8 Å². The molecule has 128 valence electrons. The molecule has 3 rings (SSSR count). The van der Waals surface area contributed by atoms with E-state index in [1.165, 1.54) is 6.07 Å². The molecule has 8 heteroatoms. The van der Waals surface area contributed by atoms with Crippen LogP contribution >= 0.6 is 11.6 Å². The fraction of sp³-hybridized carbons (Fsp3) is 0.118. The Kier molecular flexibility index (Phi) is 4.50. The zero-order valence-corrected chi connectivity index (χ0v) is 13.8. The van der Waals surface area contributed by atoms with E-state index in [2.05, 4.69) is 10.4 Å². The van der Waals surface area contributed by atoms with E-state index < -0.39 is 23.1 Å². The van der Waals surface area contributed by atoms with E-state index in [4.69, 9.17) is 11.6 Å². The van der Waals surface area contributed by atoms with Crippen molar-refractivity contribution >= 4 is 28.4 Å². The van der Waals surface area contributed by atoms with Gasteiger partial charge in [-0.2, -0.15) is 0 Å². The molecule has 0 unspecified atom stereocenters. The second-order valence-corrected chi connectivity index (χ2v) is 5.80. The van der Waals surface area contributed by atoms with Gasteiger partial charge in [0, 0.05) is 0 Å². The fourth-order valence-electron chi connectivity index (χ4n) is 2.41. The number of rotatable bonds is 3. The van der Waals surface area contributed by atoms with Gasteiger partial charge < -0.3 is 0 Å². The van der Waals surface area contributed by atoms with Gasteiger partial charge in [-0.15, -0.1) is 0 Å². The molecule has 0 saturated carbocycles. The Balaban J connectivity index is 1.91. The van der Waals surface area contributed by atoms with E-state index in [1.807, 2.05) is 0 Å². The number of carbonyl (C=O) groups is 1. The van der Waals surface area contributed by atoms with Gasteiger partial charge in [0.25, 0.3) is 5.56 Å². The van der Waals surface area contributed by atoms with Gasteiger partial charge in [0.1, 0.15) is 5.82 Å². The first-order valence-corrected chi connectivity index (χ1v) is 7.66. The lowest BCUT2D eigenvalue weighted by Crippen LogP contribution is -2.36. The molecular weight excluding hydrogens is 352 g/mol. The monoisotopic (exact) mass is 363 g/mol. The Bertz CT molecular complexity index is 1050. The number of fused-ring (bicyclic) bond motifs is 1. The largest absolute Gasteiger partial charge is 0.280 e. The van der Waals surface area contributed by atoms with Crippen LogP contribution < -0.4 is 11.0 Å². The molecule has 0 atom stereocenters. The lowest BCUT2D eigenvalue weighted by molar-refractivity contribution is -0.116. The summed E-state index contributed by atoms with van der Waals surface area (Å²) in [7, 11) is 0. The standard InChI is InChI=1S/C17H12ClF2N3O2/c1-9-21-16-11(3-2-4-12(16)18)17(25)23(9)22-15(24)8-10-5-6-13(19)14(20)7-10/h2-7H,8H2,1H3,(H,22,24). The van der Waals surface area contributed by atoms with Crippen molar-refractivity contribution in [2.45, 2.75) is 13.3 Å². The number of aryl methyl sites for hydroxylation is 1. The summed E-state index contributed by atoms with van der Waals surface area (Å²) in [6.45, 7) is 1.54. The second-order valence-electron chi connectivity index (χ2n) is 5.40. The van der Waals surface area contributed by atoms with Gasteiger partial charge in [-0.05, 0) is 36.8 Å². The lowest BCUT2D eigenvalue weighted by Gasteiger charge is -2.12. The van der Waals surface area contributed by atoms with E-state index in [9.17, 15) is 18.4 Å². The predicted molar refractivity (Wildman–Crippen MR) is 90.2 cm³/mol. The number of amides is 1. The van der Waals surface area contributed by atoms with Gasteiger partial charge in [-0.3, -0.25) is 15.0 Å². The minimum absolute atomic E-state index is 0.226. The van der Waals surface area contributed by atoms with Crippen molar-refractivity contribution in [3.8, 4) is 0 Å². The van der Waals surface area contributed by atoms with Crippen molar-refractivity contribution < 1.29 is 13.6 Å². The highest BCUT2D eigenvalue weighted by Crippen LogP contribution is 2.18. The molecule has 0 saturated heterocycles. The van der Waals surface area contributed by atoms with Gasteiger partial charge in [0.15, 0.2) is 11.6 Å². The maximum atomic E-state index is 13.2. The average molecular weight is 364 g/mol. The van der Waals surface area contributed by atoms with Gasteiger partial charge in [-0.1, -0.05) is 23.7 Å². The quantitative estimate of drug-likeness (QED) is 0.778. The van der Waals surface area contributed by atoms with Crippen LogP contribution in [-0.2, 0) is 11.2 Å². The SMILES string of the molecule is Cc1nc2c(Cl)cccc2c(=O)n1NC(=O)Cc1ccc(F)c(F)c1. The molecule has 3 aromatic rings. The fourth-order valence-corrected chi connectivity index (χ4v) is 2.63. The Morgan fingerprint density at radius 3 is 2.72 bits per heavy atom. The Morgan fingerprint density at radius 1 is 1.24 bits per heavy atom. The highest BCUT2D eigenvalue weighted by Gasteiger charge is 2.13. The van der Waals surface area contributed by atoms with Gasteiger partial charge in [0.2, 0.25) is 5.91 Å². The summed E-state index contributed by atoms with van der Waals surface area (Å²) in [5, 5.41) is 0.587. The molecule has 25 heavy (non-hydrogen) atoms. The average Bonchev–Trinajstić information content (AvgIpc) is 2.56. The minimum atomic E-state index is -1.04. The summed E-state index contributed by atoms with van der Waals surface area (Å²) in [6.07, 6.45) is -0.226. The van der Waals surface area contributed by atoms with Crippen LogP contribution in [0.5, 0.6) is 0 Å². The number of benzene rings is 2. The summed E-state index contributed by atoms with van der Waals surface area (Å²) < 4.78 is 27.1. The molecule has 0 aliphatic heterocycles. The van der Waals surface area contributed by atoms with Crippen molar-refractivity contribution in [2.75, 3.05) is 5.43 Å². The van der Waals surface area contributed by atoms with Gasteiger partial charge >= 0.3 is 0 Å². The smallest absolute Gasteiger partial charge is 0.273 e. The summed E-state index contributed by atoms with van der Waals surface area (Å²) in [5.41, 5.74) is 2.56. The van der Waals surface area contributed by atoms with Gasteiger partial charge in [-0.25, -0.2) is 18.4 Å². The first kappa shape index (κ1) is 17.0. The highest BCUT2D eigenvalue weighted by atomic mass is 35.5.